The van der Waals surface area contributed by atoms with Crippen molar-refractivity contribution >= 4 is 28.6 Å². The zero-order chi connectivity index (χ0) is 14.0. The SMILES string of the molecule is CC(=O)NC(=O)Nc1cc2ccc(O)cc2oc1=O. The van der Waals surface area contributed by atoms with Gasteiger partial charge in [-0.15, -0.1) is 0 Å². The van der Waals surface area contributed by atoms with Crippen LogP contribution in [0.25, 0.3) is 11.0 Å². The first-order valence-corrected chi connectivity index (χ1v) is 5.31. The Morgan fingerprint density at radius 1 is 1.26 bits per heavy atom. The molecule has 2 rings (SSSR count). The molecule has 0 aliphatic carbocycles. The lowest BCUT2D eigenvalue weighted by Crippen LogP contribution is -2.33. The molecule has 7 nitrogen and oxygen atoms in total. The highest BCUT2D eigenvalue weighted by molar-refractivity contribution is 6.00. The van der Waals surface area contributed by atoms with Gasteiger partial charge >= 0.3 is 11.7 Å². The molecule has 1 aromatic carbocycles. The van der Waals surface area contributed by atoms with Crippen molar-refractivity contribution in [3.8, 4) is 5.75 Å². The molecule has 98 valence electrons. The lowest BCUT2D eigenvalue weighted by atomic mass is 10.2. The van der Waals surface area contributed by atoms with Crippen molar-refractivity contribution in [2.24, 2.45) is 0 Å². The fraction of sp³-hybridized carbons (Fsp3) is 0.0833. The van der Waals surface area contributed by atoms with E-state index in [2.05, 4.69) is 5.32 Å². The minimum absolute atomic E-state index is 0.0364. The van der Waals surface area contributed by atoms with E-state index in [0.717, 1.165) is 0 Å². The second kappa shape index (κ2) is 4.81. The fourth-order valence-electron chi connectivity index (χ4n) is 1.50. The summed E-state index contributed by atoms with van der Waals surface area (Å²) < 4.78 is 4.94. The minimum Gasteiger partial charge on any atom is -0.508 e. The van der Waals surface area contributed by atoms with Crippen LogP contribution in [0.1, 0.15) is 6.92 Å². The fourth-order valence-corrected chi connectivity index (χ4v) is 1.50. The summed E-state index contributed by atoms with van der Waals surface area (Å²) in [5.41, 5.74) is -0.684. The second-order valence-corrected chi connectivity index (χ2v) is 3.80. The molecule has 0 atom stereocenters. The van der Waals surface area contributed by atoms with E-state index in [4.69, 9.17) is 4.42 Å². The number of aromatic hydroxyl groups is 1. The summed E-state index contributed by atoms with van der Waals surface area (Å²) in [5.74, 6) is -0.585. The Balaban J connectivity index is 2.36. The van der Waals surface area contributed by atoms with E-state index in [1.54, 1.807) is 0 Å². The van der Waals surface area contributed by atoms with Gasteiger partial charge in [0.1, 0.15) is 17.0 Å². The second-order valence-electron chi connectivity index (χ2n) is 3.80. The summed E-state index contributed by atoms with van der Waals surface area (Å²) >= 11 is 0. The summed E-state index contributed by atoms with van der Waals surface area (Å²) in [4.78, 5) is 33.6. The molecule has 0 spiro atoms. The first kappa shape index (κ1) is 12.6. The quantitative estimate of drug-likeness (QED) is 0.668. The van der Waals surface area contributed by atoms with Gasteiger partial charge in [-0.05, 0) is 18.2 Å². The lowest BCUT2D eigenvalue weighted by molar-refractivity contribution is -0.117. The highest BCUT2D eigenvalue weighted by Crippen LogP contribution is 2.20. The molecule has 1 heterocycles. The Morgan fingerprint density at radius 3 is 2.68 bits per heavy atom. The van der Waals surface area contributed by atoms with E-state index in [1.807, 2.05) is 5.32 Å². The highest BCUT2D eigenvalue weighted by atomic mass is 16.4. The predicted molar refractivity (Wildman–Crippen MR) is 67.0 cm³/mol. The summed E-state index contributed by atoms with van der Waals surface area (Å²) in [7, 11) is 0. The number of amides is 3. The molecule has 1 aromatic heterocycles. The topological polar surface area (TPSA) is 109 Å². The van der Waals surface area contributed by atoms with Gasteiger partial charge in [-0.25, -0.2) is 9.59 Å². The molecular weight excluding hydrogens is 252 g/mol. The van der Waals surface area contributed by atoms with Crippen molar-refractivity contribution in [3.05, 3.63) is 34.7 Å². The van der Waals surface area contributed by atoms with Gasteiger partial charge in [0.15, 0.2) is 0 Å². The number of hydrogen-bond donors (Lipinski definition) is 3. The van der Waals surface area contributed by atoms with Crippen LogP contribution in [0.3, 0.4) is 0 Å². The third-order valence-electron chi connectivity index (χ3n) is 2.26. The maximum absolute atomic E-state index is 11.6. The number of fused-ring (bicyclic) bond motifs is 1. The van der Waals surface area contributed by atoms with Crippen molar-refractivity contribution in [2.75, 3.05) is 5.32 Å². The molecule has 2 aromatic rings. The summed E-state index contributed by atoms with van der Waals surface area (Å²) in [6.07, 6.45) is 0. The summed E-state index contributed by atoms with van der Waals surface area (Å²) in [6.45, 7) is 1.17. The number of urea groups is 1. The number of carbonyl (C=O) groups excluding carboxylic acids is 2. The number of anilines is 1. The molecule has 0 unspecified atom stereocenters. The normalized spacial score (nSPS) is 10.2. The molecule has 0 bridgehead atoms. The number of hydrogen-bond acceptors (Lipinski definition) is 5. The first-order valence-electron chi connectivity index (χ1n) is 5.31. The molecule has 0 fully saturated rings. The Bertz CT molecular complexity index is 720. The summed E-state index contributed by atoms with van der Waals surface area (Å²) in [6, 6.07) is 4.80. The van der Waals surface area contributed by atoms with Gasteiger partial charge in [-0.3, -0.25) is 10.1 Å². The number of phenols is 1. The molecule has 7 heteroatoms. The number of rotatable bonds is 1. The molecule has 0 saturated carbocycles. The molecule has 0 aliphatic rings. The molecule has 0 saturated heterocycles. The van der Waals surface area contributed by atoms with Crippen molar-refractivity contribution in [3.63, 3.8) is 0 Å². The van der Waals surface area contributed by atoms with Gasteiger partial charge in [0.05, 0.1) is 0 Å². The van der Waals surface area contributed by atoms with E-state index in [1.165, 1.54) is 31.2 Å². The van der Waals surface area contributed by atoms with Crippen LogP contribution in [-0.4, -0.2) is 17.0 Å². The Morgan fingerprint density at radius 2 is 2.00 bits per heavy atom. The zero-order valence-electron chi connectivity index (χ0n) is 9.89. The standard InChI is InChI=1S/C12H10N2O5/c1-6(15)13-12(18)14-9-4-7-2-3-8(16)5-10(7)19-11(9)17/h2-5,16H,1H3,(H2,13,14,15,18). The van der Waals surface area contributed by atoms with Gasteiger partial charge in [0, 0.05) is 18.4 Å². The molecule has 0 aliphatic heterocycles. The number of carbonyl (C=O) groups is 2. The van der Waals surface area contributed by atoms with Crippen molar-refractivity contribution in [1.82, 2.24) is 5.32 Å². The van der Waals surface area contributed by atoms with E-state index in [0.29, 0.717) is 5.39 Å². The third kappa shape index (κ3) is 2.89. The van der Waals surface area contributed by atoms with Crippen LogP contribution in [0.5, 0.6) is 5.75 Å². The smallest absolute Gasteiger partial charge is 0.360 e. The molecule has 3 amide bonds. The first-order chi connectivity index (χ1) is 8.95. The summed E-state index contributed by atoms with van der Waals surface area (Å²) in [5, 5.41) is 14.0. The highest BCUT2D eigenvalue weighted by Gasteiger charge is 2.10. The maximum Gasteiger partial charge on any atom is 0.360 e. The van der Waals surface area contributed by atoms with E-state index >= 15 is 0 Å². The number of phenolic OH excluding ortho intramolecular Hbond substituents is 1. The third-order valence-corrected chi connectivity index (χ3v) is 2.26. The predicted octanol–water partition coefficient (Wildman–Crippen LogP) is 1.17. The Labute approximate surface area is 106 Å². The monoisotopic (exact) mass is 262 g/mol. The van der Waals surface area contributed by atoms with Gasteiger partial charge < -0.3 is 14.8 Å². The molecule has 3 N–H and O–H groups in total. The van der Waals surface area contributed by atoms with E-state index in [9.17, 15) is 19.5 Å². The van der Waals surface area contributed by atoms with Gasteiger partial charge in [-0.1, -0.05) is 0 Å². The van der Waals surface area contributed by atoms with Crippen LogP contribution >= 0.6 is 0 Å². The van der Waals surface area contributed by atoms with Crippen LogP contribution < -0.4 is 16.3 Å². The lowest BCUT2D eigenvalue weighted by Gasteiger charge is -2.05. The van der Waals surface area contributed by atoms with Crippen LogP contribution in [0, 0.1) is 0 Å². The average molecular weight is 262 g/mol. The van der Waals surface area contributed by atoms with Crippen molar-refractivity contribution in [1.29, 1.82) is 0 Å². The number of benzene rings is 1. The molecule has 0 radical (unpaired) electrons. The van der Waals surface area contributed by atoms with E-state index < -0.39 is 17.6 Å². The van der Waals surface area contributed by atoms with Crippen LogP contribution in [0.4, 0.5) is 10.5 Å². The largest absolute Gasteiger partial charge is 0.508 e. The Kier molecular flexibility index (Phi) is 3.19. The molecule has 19 heavy (non-hydrogen) atoms. The van der Waals surface area contributed by atoms with Gasteiger partial charge in [0.2, 0.25) is 5.91 Å². The maximum atomic E-state index is 11.6. The number of imide groups is 1. The van der Waals surface area contributed by atoms with Crippen molar-refractivity contribution < 1.29 is 19.1 Å². The average Bonchev–Trinajstić information content (AvgIpc) is 2.29. The van der Waals surface area contributed by atoms with Crippen LogP contribution in [0.2, 0.25) is 0 Å². The minimum atomic E-state index is -0.821. The van der Waals surface area contributed by atoms with Crippen molar-refractivity contribution in [2.45, 2.75) is 6.92 Å². The van der Waals surface area contributed by atoms with Gasteiger partial charge in [0.25, 0.3) is 0 Å². The van der Waals surface area contributed by atoms with Crippen LogP contribution in [-0.2, 0) is 4.79 Å². The molecular formula is C12H10N2O5. The zero-order valence-corrected chi connectivity index (χ0v) is 9.89. The number of nitrogens with one attached hydrogen (secondary N) is 2. The van der Waals surface area contributed by atoms with E-state index in [-0.39, 0.29) is 17.0 Å². The van der Waals surface area contributed by atoms with Gasteiger partial charge in [-0.2, -0.15) is 0 Å². The Hall–Kier alpha value is -2.83. The van der Waals surface area contributed by atoms with Crippen LogP contribution in [0.15, 0.2) is 33.5 Å².